The molecule has 2 N–H and O–H groups in total. The summed E-state index contributed by atoms with van der Waals surface area (Å²) >= 11 is 0. The second kappa shape index (κ2) is 7.05. The molecule has 0 aliphatic carbocycles. The molecule has 0 radical (unpaired) electrons. The highest BCUT2D eigenvalue weighted by atomic mass is 15.2. The lowest BCUT2D eigenvalue weighted by atomic mass is 9.88. The Bertz CT molecular complexity index is 251. The van der Waals surface area contributed by atoms with Crippen molar-refractivity contribution in [3.8, 4) is 0 Å². The van der Waals surface area contributed by atoms with Crippen molar-refractivity contribution in [3.63, 3.8) is 0 Å². The van der Waals surface area contributed by atoms with Crippen LogP contribution in [0.1, 0.15) is 46.0 Å². The number of nitrogens with zero attached hydrogens (tertiary/aromatic N) is 2. The molecule has 2 rings (SSSR count). The van der Waals surface area contributed by atoms with Crippen LogP contribution in [0.2, 0.25) is 0 Å². The lowest BCUT2D eigenvalue weighted by Gasteiger charge is -2.35. The van der Waals surface area contributed by atoms with E-state index in [1.807, 2.05) is 0 Å². The lowest BCUT2D eigenvalue weighted by molar-refractivity contribution is 0.139. The summed E-state index contributed by atoms with van der Waals surface area (Å²) < 4.78 is 0. The Balaban J connectivity index is 1.62. The molecule has 0 unspecified atom stereocenters. The van der Waals surface area contributed by atoms with Gasteiger partial charge in [-0.1, -0.05) is 13.8 Å². The first kappa shape index (κ1) is 15.3. The number of piperidine rings is 1. The summed E-state index contributed by atoms with van der Waals surface area (Å²) in [6.45, 7) is 13.3. The van der Waals surface area contributed by atoms with Crippen LogP contribution in [0.5, 0.6) is 0 Å². The Hall–Kier alpha value is -0.120. The topological polar surface area (TPSA) is 32.5 Å². The highest BCUT2D eigenvalue weighted by Crippen LogP contribution is 2.23. The summed E-state index contributed by atoms with van der Waals surface area (Å²) in [5, 5.41) is 0. The van der Waals surface area contributed by atoms with Gasteiger partial charge in [-0.25, -0.2) is 0 Å². The monoisotopic (exact) mass is 267 g/mol. The summed E-state index contributed by atoms with van der Waals surface area (Å²) in [6, 6.07) is 0. The molecule has 0 aromatic heterocycles. The van der Waals surface area contributed by atoms with Crippen LogP contribution >= 0.6 is 0 Å². The summed E-state index contributed by atoms with van der Waals surface area (Å²) in [5.41, 5.74) is 6.12. The van der Waals surface area contributed by atoms with Gasteiger partial charge < -0.3 is 15.5 Å². The molecule has 0 bridgehead atoms. The summed E-state index contributed by atoms with van der Waals surface area (Å²) in [6.07, 6.45) is 6.89. The van der Waals surface area contributed by atoms with Crippen molar-refractivity contribution in [3.05, 3.63) is 0 Å². The first-order valence-electron chi connectivity index (χ1n) is 8.24. The second-order valence-corrected chi connectivity index (χ2v) is 7.41. The van der Waals surface area contributed by atoms with Crippen LogP contribution in [-0.2, 0) is 0 Å². The molecule has 0 aromatic rings. The van der Waals surface area contributed by atoms with E-state index in [9.17, 15) is 0 Å². The van der Waals surface area contributed by atoms with Gasteiger partial charge >= 0.3 is 0 Å². The third kappa shape index (κ3) is 5.05. The fraction of sp³-hybridized carbons (Fsp3) is 1.00. The zero-order chi connectivity index (χ0) is 13.7. The molecule has 112 valence electrons. The molecule has 2 fully saturated rings. The standard InChI is InChI=1S/C16H33N3/c1-16(2,14-17)7-12-18-10-5-15(6-11-18)13-19-8-3-4-9-19/h15H,3-14,17H2,1-2H3. The molecule has 0 amide bonds. The normalized spacial score (nSPS) is 24.2. The Kier molecular flexibility index (Phi) is 5.67. The van der Waals surface area contributed by atoms with Gasteiger partial charge in [0.05, 0.1) is 0 Å². The van der Waals surface area contributed by atoms with Gasteiger partial charge in [0.15, 0.2) is 0 Å². The van der Waals surface area contributed by atoms with Crippen molar-refractivity contribution in [1.82, 2.24) is 9.80 Å². The van der Waals surface area contributed by atoms with Crippen molar-refractivity contribution < 1.29 is 0 Å². The smallest absolute Gasteiger partial charge is 0.00106 e. The molecule has 0 aromatic carbocycles. The fourth-order valence-electron chi connectivity index (χ4n) is 3.29. The third-order valence-corrected chi connectivity index (χ3v) is 5.08. The Morgan fingerprint density at radius 3 is 2.21 bits per heavy atom. The van der Waals surface area contributed by atoms with Gasteiger partial charge in [-0.3, -0.25) is 0 Å². The summed E-state index contributed by atoms with van der Waals surface area (Å²) in [4.78, 5) is 5.33. The fourth-order valence-corrected chi connectivity index (χ4v) is 3.29. The van der Waals surface area contributed by atoms with Gasteiger partial charge in [-0.05, 0) is 82.7 Å². The van der Waals surface area contributed by atoms with Crippen LogP contribution in [-0.4, -0.2) is 55.6 Å². The van der Waals surface area contributed by atoms with Crippen molar-refractivity contribution in [2.24, 2.45) is 17.1 Å². The number of likely N-dealkylation sites (tertiary alicyclic amines) is 2. The number of hydrogen-bond donors (Lipinski definition) is 1. The molecule has 3 heteroatoms. The lowest BCUT2D eigenvalue weighted by Crippen LogP contribution is -2.40. The van der Waals surface area contributed by atoms with Crippen molar-refractivity contribution >= 4 is 0 Å². The van der Waals surface area contributed by atoms with Gasteiger partial charge in [0, 0.05) is 6.54 Å². The van der Waals surface area contributed by atoms with E-state index < -0.39 is 0 Å². The van der Waals surface area contributed by atoms with Crippen molar-refractivity contribution in [2.75, 3.05) is 45.8 Å². The Morgan fingerprint density at radius 1 is 1.00 bits per heavy atom. The van der Waals surface area contributed by atoms with Crippen LogP contribution in [0.25, 0.3) is 0 Å². The molecule has 3 nitrogen and oxygen atoms in total. The molecular formula is C16H33N3. The molecule has 0 saturated carbocycles. The highest BCUT2D eigenvalue weighted by Gasteiger charge is 2.24. The maximum absolute atomic E-state index is 5.81. The molecule has 2 aliphatic heterocycles. The van der Waals surface area contributed by atoms with Crippen LogP contribution < -0.4 is 5.73 Å². The van der Waals surface area contributed by atoms with Gasteiger partial charge in [-0.2, -0.15) is 0 Å². The summed E-state index contributed by atoms with van der Waals surface area (Å²) in [7, 11) is 0. The zero-order valence-electron chi connectivity index (χ0n) is 13.0. The Labute approximate surface area is 119 Å². The number of nitrogens with two attached hydrogens (primary N) is 1. The predicted molar refractivity (Wildman–Crippen MR) is 82.3 cm³/mol. The SMILES string of the molecule is CC(C)(CN)CCN1CCC(CN2CCCC2)CC1. The van der Waals surface area contributed by atoms with Gasteiger partial charge in [-0.15, -0.1) is 0 Å². The van der Waals surface area contributed by atoms with E-state index in [1.165, 1.54) is 71.4 Å². The molecule has 19 heavy (non-hydrogen) atoms. The quantitative estimate of drug-likeness (QED) is 0.800. The van der Waals surface area contributed by atoms with Crippen LogP contribution in [0.15, 0.2) is 0 Å². The predicted octanol–water partition coefficient (Wildman–Crippen LogP) is 2.17. The zero-order valence-corrected chi connectivity index (χ0v) is 13.0. The van der Waals surface area contributed by atoms with E-state index in [2.05, 4.69) is 23.6 Å². The van der Waals surface area contributed by atoms with Crippen LogP contribution in [0, 0.1) is 11.3 Å². The van der Waals surface area contributed by atoms with Gasteiger partial charge in [0.25, 0.3) is 0 Å². The molecular weight excluding hydrogens is 234 g/mol. The molecule has 2 heterocycles. The minimum atomic E-state index is 0.312. The van der Waals surface area contributed by atoms with Gasteiger partial charge in [0.2, 0.25) is 0 Å². The molecule has 0 atom stereocenters. The number of rotatable bonds is 6. The maximum atomic E-state index is 5.81. The van der Waals surface area contributed by atoms with Crippen LogP contribution in [0.3, 0.4) is 0 Å². The second-order valence-electron chi connectivity index (χ2n) is 7.41. The average Bonchev–Trinajstić information content (AvgIpc) is 2.91. The summed E-state index contributed by atoms with van der Waals surface area (Å²) in [5.74, 6) is 0.955. The van der Waals surface area contributed by atoms with Crippen molar-refractivity contribution in [1.29, 1.82) is 0 Å². The average molecular weight is 267 g/mol. The van der Waals surface area contributed by atoms with E-state index in [0.29, 0.717) is 5.41 Å². The van der Waals surface area contributed by atoms with E-state index in [-0.39, 0.29) is 0 Å². The Morgan fingerprint density at radius 2 is 1.63 bits per heavy atom. The molecule has 2 aliphatic rings. The largest absolute Gasteiger partial charge is 0.330 e. The first-order chi connectivity index (χ1) is 9.09. The highest BCUT2D eigenvalue weighted by molar-refractivity contribution is 4.79. The maximum Gasteiger partial charge on any atom is 0.00106 e. The molecule has 0 spiro atoms. The van der Waals surface area contributed by atoms with E-state index in [4.69, 9.17) is 5.73 Å². The molecule has 2 saturated heterocycles. The van der Waals surface area contributed by atoms with E-state index >= 15 is 0 Å². The van der Waals surface area contributed by atoms with E-state index in [0.717, 1.165) is 12.5 Å². The van der Waals surface area contributed by atoms with Gasteiger partial charge in [0.1, 0.15) is 0 Å². The minimum absolute atomic E-state index is 0.312. The third-order valence-electron chi connectivity index (χ3n) is 5.08. The minimum Gasteiger partial charge on any atom is -0.330 e. The van der Waals surface area contributed by atoms with Crippen LogP contribution in [0.4, 0.5) is 0 Å². The van der Waals surface area contributed by atoms with Crippen molar-refractivity contribution in [2.45, 2.75) is 46.0 Å². The first-order valence-corrected chi connectivity index (χ1v) is 8.24. The number of hydrogen-bond acceptors (Lipinski definition) is 3. The van der Waals surface area contributed by atoms with E-state index in [1.54, 1.807) is 0 Å².